The molecule has 5 heterocycles. The number of hydrogen-bond donors (Lipinski definition) is 3. The molecule has 11 heteroatoms. The Labute approximate surface area is 187 Å². The third-order valence-corrected chi connectivity index (χ3v) is 5.62. The van der Waals surface area contributed by atoms with Crippen LogP contribution in [-0.2, 0) is 4.74 Å². The lowest BCUT2D eigenvalue weighted by molar-refractivity contribution is 0.0366. The van der Waals surface area contributed by atoms with Gasteiger partial charge in [0.15, 0.2) is 0 Å². The molecule has 9 nitrogen and oxygen atoms in total. The first kappa shape index (κ1) is 21.3. The number of aromatic amines is 1. The van der Waals surface area contributed by atoms with E-state index < -0.39 is 12.5 Å². The van der Waals surface area contributed by atoms with Gasteiger partial charge in [-0.2, -0.15) is 10.1 Å². The molecule has 1 aliphatic heterocycles. The Balaban J connectivity index is 1.42. The number of aromatic nitrogens is 5. The van der Waals surface area contributed by atoms with E-state index in [1.807, 2.05) is 12.1 Å². The lowest BCUT2D eigenvalue weighted by atomic mass is 10.1. The van der Waals surface area contributed by atoms with E-state index in [0.29, 0.717) is 29.9 Å². The molecule has 0 bridgehead atoms. The Kier molecular flexibility index (Phi) is 5.41. The molecule has 1 saturated heterocycles. The van der Waals surface area contributed by atoms with Gasteiger partial charge in [0.05, 0.1) is 23.8 Å². The van der Waals surface area contributed by atoms with Crippen molar-refractivity contribution in [2.45, 2.75) is 31.7 Å². The highest BCUT2D eigenvalue weighted by atomic mass is 19.3. The lowest BCUT2D eigenvalue weighted by Gasteiger charge is -2.22. The minimum absolute atomic E-state index is 0.0885. The topological polar surface area (TPSA) is 109 Å². The molecule has 1 fully saturated rings. The van der Waals surface area contributed by atoms with E-state index in [9.17, 15) is 13.6 Å². The number of carbonyl (C=O) groups excluding carboxylic acids is 1. The van der Waals surface area contributed by atoms with E-state index in [1.165, 1.54) is 0 Å². The van der Waals surface area contributed by atoms with Crippen LogP contribution in [0, 0.1) is 0 Å². The zero-order valence-corrected chi connectivity index (χ0v) is 17.9. The average Bonchev–Trinajstić information content (AvgIpc) is 3.41. The third kappa shape index (κ3) is 4.49. The van der Waals surface area contributed by atoms with E-state index in [0.717, 1.165) is 36.3 Å². The van der Waals surface area contributed by atoms with Crippen LogP contribution in [0.5, 0.6) is 0 Å². The minimum atomic E-state index is -2.87. The first-order valence-electron chi connectivity index (χ1n) is 10.7. The Morgan fingerprint density at radius 3 is 2.94 bits per heavy atom. The van der Waals surface area contributed by atoms with Crippen molar-refractivity contribution in [2.75, 3.05) is 25.1 Å². The number of fused-ring (bicyclic) bond motifs is 2. The molecule has 1 aliphatic rings. The first-order chi connectivity index (χ1) is 15.9. The van der Waals surface area contributed by atoms with Gasteiger partial charge < -0.3 is 20.4 Å². The molecule has 172 valence electrons. The van der Waals surface area contributed by atoms with Crippen LogP contribution in [0.2, 0.25) is 0 Å². The summed E-state index contributed by atoms with van der Waals surface area (Å²) in [5.41, 5.74) is 3.37. The predicted molar refractivity (Wildman–Crippen MR) is 118 cm³/mol. The van der Waals surface area contributed by atoms with E-state index in [4.69, 9.17) is 4.74 Å². The molecular weight excluding hydrogens is 432 g/mol. The molecule has 5 rings (SSSR count). The first-order valence-corrected chi connectivity index (χ1v) is 10.7. The summed E-state index contributed by atoms with van der Waals surface area (Å²) in [4.78, 5) is 24.4. The van der Waals surface area contributed by atoms with Crippen LogP contribution in [0.4, 0.5) is 14.7 Å². The van der Waals surface area contributed by atoms with Gasteiger partial charge in [-0.1, -0.05) is 0 Å². The molecular formula is C22H23F2N7O2. The van der Waals surface area contributed by atoms with E-state index in [1.54, 1.807) is 29.3 Å². The summed E-state index contributed by atoms with van der Waals surface area (Å²) in [5, 5.41) is 10.6. The van der Waals surface area contributed by atoms with Gasteiger partial charge in [0.1, 0.15) is 5.65 Å². The van der Waals surface area contributed by atoms with Crippen molar-refractivity contribution in [1.82, 2.24) is 29.9 Å². The molecule has 0 radical (unpaired) electrons. The van der Waals surface area contributed by atoms with Crippen LogP contribution in [0.25, 0.3) is 27.7 Å². The summed E-state index contributed by atoms with van der Waals surface area (Å²) in [6.45, 7) is 1.56. The highest BCUT2D eigenvalue weighted by molar-refractivity contribution is 6.02. The Bertz CT molecular complexity index is 1310. The largest absolute Gasteiger partial charge is 0.381 e. The second kappa shape index (κ2) is 8.39. The van der Waals surface area contributed by atoms with Gasteiger partial charge in [0, 0.05) is 55.7 Å². The smallest absolute Gasteiger partial charge is 0.262 e. The van der Waals surface area contributed by atoms with Crippen molar-refractivity contribution in [2.24, 2.45) is 0 Å². The number of ether oxygens (including phenoxy) is 1. The SMILES string of the molecule is CC(F)(F)CNc1ncc2c(-c3ccn4ncc(C(=O)NC5CCOCC5)c4c3)c[nH]c2n1. The number of hydrogen-bond acceptors (Lipinski definition) is 6. The van der Waals surface area contributed by atoms with Gasteiger partial charge >= 0.3 is 0 Å². The van der Waals surface area contributed by atoms with Gasteiger partial charge in [-0.15, -0.1) is 0 Å². The molecule has 0 aliphatic carbocycles. The zero-order valence-electron chi connectivity index (χ0n) is 17.9. The van der Waals surface area contributed by atoms with Gasteiger partial charge in [0.2, 0.25) is 5.95 Å². The number of rotatable bonds is 6. The third-order valence-electron chi connectivity index (χ3n) is 5.62. The summed E-state index contributed by atoms with van der Waals surface area (Å²) in [7, 11) is 0. The summed E-state index contributed by atoms with van der Waals surface area (Å²) in [6.07, 6.45) is 8.30. The summed E-state index contributed by atoms with van der Waals surface area (Å²) >= 11 is 0. The van der Waals surface area contributed by atoms with Crippen LogP contribution < -0.4 is 10.6 Å². The normalized spacial score (nSPS) is 15.2. The Morgan fingerprint density at radius 2 is 2.15 bits per heavy atom. The van der Waals surface area contributed by atoms with Crippen molar-refractivity contribution < 1.29 is 18.3 Å². The monoisotopic (exact) mass is 455 g/mol. The molecule has 0 spiro atoms. The number of alkyl halides is 2. The number of amides is 1. The Morgan fingerprint density at radius 1 is 1.33 bits per heavy atom. The van der Waals surface area contributed by atoms with Crippen molar-refractivity contribution in [1.29, 1.82) is 0 Å². The summed E-state index contributed by atoms with van der Waals surface area (Å²) < 4.78 is 33.2. The number of nitrogens with zero attached hydrogens (tertiary/aromatic N) is 4. The number of nitrogens with one attached hydrogen (secondary N) is 3. The number of halogens is 2. The fraction of sp³-hybridized carbons (Fsp3) is 0.364. The highest BCUT2D eigenvalue weighted by Gasteiger charge is 2.22. The summed E-state index contributed by atoms with van der Waals surface area (Å²) in [6, 6.07) is 3.86. The van der Waals surface area contributed by atoms with Crippen molar-refractivity contribution >= 4 is 28.4 Å². The molecule has 4 aromatic rings. The van der Waals surface area contributed by atoms with Crippen LogP contribution in [0.1, 0.15) is 30.1 Å². The maximum atomic E-state index is 13.1. The average molecular weight is 455 g/mol. The maximum Gasteiger partial charge on any atom is 0.262 e. The fourth-order valence-corrected chi connectivity index (χ4v) is 3.89. The molecule has 0 atom stereocenters. The maximum absolute atomic E-state index is 13.1. The van der Waals surface area contributed by atoms with Gasteiger partial charge in [-0.3, -0.25) is 4.79 Å². The van der Waals surface area contributed by atoms with Gasteiger partial charge in [0.25, 0.3) is 11.8 Å². The molecule has 33 heavy (non-hydrogen) atoms. The molecule has 0 unspecified atom stereocenters. The standard InChI is InChI=1S/C22H23F2N7O2/c1-22(23,24)12-27-21-26-10-16-15(9-25-19(16)30-21)13-2-5-31-18(8-13)17(11-28-31)20(32)29-14-3-6-33-7-4-14/h2,5,8-11,14H,3-4,6-7,12H2,1H3,(H,29,32)(H2,25,26,27,30). The summed E-state index contributed by atoms with van der Waals surface area (Å²) in [5.74, 6) is -2.91. The van der Waals surface area contributed by atoms with E-state index in [-0.39, 0.29) is 17.9 Å². The van der Waals surface area contributed by atoms with Crippen LogP contribution in [0.3, 0.4) is 0 Å². The Hall–Kier alpha value is -3.60. The van der Waals surface area contributed by atoms with Gasteiger partial charge in [-0.25, -0.2) is 18.3 Å². The highest BCUT2D eigenvalue weighted by Crippen LogP contribution is 2.29. The van der Waals surface area contributed by atoms with E-state index in [2.05, 4.69) is 30.7 Å². The number of pyridine rings is 1. The molecule has 0 saturated carbocycles. The molecule has 4 aromatic heterocycles. The number of anilines is 1. The van der Waals surface area contributed by atoms with E-state index >= 15 is 0 Å². The fourth-order valence-electron chi connectivity index (χ4n) is 3.89. The number of H-pyrrole nitrogens is 1. The van der Waals surface area contributed by atoms with Crippen LogP contribution in [-0.4, -0.2) is 62.2 Å². The van der Waals surface area contributed by atoms with Crippen LogP contribution in [0.15, 0.2) is 36.9 Å². The molecule has 3 N–H and O–H groups in total. The molecule has 0 aromatic carbocycles. The quantitative estimate of drug-likeness (QED) is 0.412. The molecule has 1 amide bonds. The second-order valence-corrected chi connectivity index (χ2v) is 8.25. The predicted octanol–water partition coefficient (Wildman–Crippen LogP) is 3.25. The van der Waals surface area contributed by atoms with Crippen LogP contribution >= 0.6 is 0 Å². The second-order valence-electron chi connectivity index (χ2n) is 8.25. The lowest BCUT2D eigenvalue weighted by Crippen LogP contribution is -2.38. The van der Waals surface area contributed by atoms with Crippen molar-refractivity contribution in [3.63, 3.8) is 0 Å². The zero-order chi connectivity index (χ0) is 23.0. The van der Waals surface area contributed by atoms with Crippen molar-refractivity contribution in [3.05, 3.63) is 42.5 Å². The minimum Gasteiger partial charge on any atom is -0.381 e. The van der Waals surface area contributed by atoms with Crippen molar-refractivity contribution in [3.8, 4) is 11.1 Å². The van der Waals surface area contributed by atoms with Gasteiger partial charge in [-0.05, 0) is 30.5 Å². The number of carbonyl (C=O) groups is 1.